The Morgan fingerprint density at radius 1 is 1.29 bits per heavy atom. The molecule has 1 aromatic rings. The van der Waals surface area contributed by atoms with Crippen LogP contribution in [0.5, 0.6) is 0 Å². The second-order valence-corrected chi connectivity index (χ2v) is 5.32. The van der Waals surface area contributed by atoms with Crippen molar-refractivity contribution < 1.29 is 0 Å². The average Bonchev–Trinajstić information content (AvgIpc) is 2.91. The van der Waals surface area contributed by atoms with Crippen LogP contribution in [0.15, 0.2) is 30.3 Å². The Labute approximate surface area is 103 Å². The van der Waals surface area contributed by atoms with Crippen LogP contribution in [0.3, 0.4) is 0 Å². The van der Waals surface area contributed by atoms with Crippen LogP contribution in [-0.2, 0) is 6.54 Å². The van der Waals surface area contributed by atoms with Gasteiger partial charge in [0, 0.05) is 13.1 Å². The van der Waals surface area contributed by atoms with Crippen LogP contribution in [0.4, 0.5) is 0 Å². The molecule has 0 bridgehead atoms. The molecule has 1 aromatic carbocycles. The van der Waals surface area contributed by atoms with Gasteiger partial charge in [-0.15, -0.1) is 0 Å². The highest BCUT2D eigenvalue weighted by molar-refractivity contribution is 5.21. The van der Waals surface area contributed by atoms with E-state index in [0.717, 1.165) is 19.5 Å². The van der Waals surface area contributed by atoms with Gasteiger partial charge in [-0.1, -0.05) is 36.8 Å². The molecule has 2 aliphatic rings. The van der Waals surface area contributed by atoms with Gasteiger partial charge in [0.15, 0.2) is 0 Å². The van der Waals surface area contributed by atoms with Gasteiger partial charge in [-0.25, -0.2) is 0 Å². The number of likely N-dealkylation sites (tertiary alicyclic amines) is 1. The summed E-state index contributed by atoms with van der Waals surface area (Å²) in [5, 5.41) is 9.58. The molecule has 2 heteroatoms. The van der Waals surface area contributed by atoms with Crippen LogP contribution < -0.4 is 0 Å². The molecular weight excluding hydrogens is 208 g/mol. The van der Waals surface area contributed by atoms with Crippen molar-refractivity contribution in [3.8, 4) is 6.07 Å². The zero-order chi connectivity index (χ0) is 11.7. The maximum Gasteiger partial charge on any atom is 0.112 e. The number of benzene rings is 1. The molecule has 0 aromatic heterocycles. The third-order valence-electron chi connectivity index (χ3n) is 4.51. The third-order valence-corrected chi connectivity index (χ3v) is 4.51. The Balaban J connectivity index is 1.82. The van der Waals surface area contributed by atoms with Crippen molar-refractivity contribution in [3.63, 3.8) is 0 Å². The molecule has 17 heavy (non-hydrogen) atoms. The first kappa shape index (κ1) is 10.8. The topological polar surface area (TPSA) is 27.0 Å². The molecule has 1 saturated heterocycles. The van der Waals surface area contributed by atoms with Crippen LogP contribution in [-0.4, -0.2) is 17.0 Å². The molecule has 2 atom stereocenters. The number of hydrogen-bond donors (Lipinski definition) is 0. The second kappa shape index (κ2) is 4.16. The van der Waals surface area contributed by atoms with E-state index in [1.165, 1.54) is 24.8 Å². The molecule has 1 aliphatic carbocycles. The minimum Gasteiger partial charge on any atom is -0.281 e. The third kappa shape index (κ3) is 1.66. The van der Waals surface area contributed by atoms with Gasteiger partial charge in [0.1, 0.15) is 5.54 Å². The fraction of sp³-hybridized carbons (Fsp3) is 0.533. The number of rotatable bonds is 2. The SMILES string of the molecule is N#C[C@]12CCC[C@H]1CCN2Cc1ccccc1. The summed E-state index contributed by atoms with van der Waals surface area (Å²) in [6.45, 7) is 2.03. The van der Waals surface area contributed by atoms with E-state index in [-0.39, 0.29) is 5.54 Å². The molecule has 2 nitrogen and oxygen atoms in total. The number of nitriles is 1. The first-order valence-corrected chi connectivity index (χ1v) is 6.55. The molecule has 1 heterocycles. The number of fused-ring (bicyclic) bond motifs is 1. The Kier molecular flexibility index (Phi) is 2.64. The first-order chi connectivity index (χ1) is 8.35. The summed E-state index contributed by atoms with van der Waals surface area (Å²) >= 11 is 0. The van der Waals surface area contributed by atoms with E-state index in [4.69, 9.17) is 0 Å². The predicted octanol–water partition coefficient (Wildman–Crippen LogP) is 2.95. The van der Waals surface area contributed by atoms with E-state index < -0.39 is 0 Å². The lowest BCUT2D eigenvalue weighted by molar-refractivity contribution is 0.167. The predicted molar refractivity (Wildman–Crippen MR) is 67.2 cm³/mol. The Morgan fingerprint density at radius 3 is 2.88 bits per heavy atom. The van der Waals surface area contributed by atoms with E-state index in [1.807, 2.05) is 6.07 Å². The fourth-order valence-electron chi connectivity index (χ4n) is 3.61. The van der Waals surface area contributed by atoms with Crippen molar-refractivity contribution in [3.05, 3.63) is 35.9 Å². The lowest BCUT2D eigenvalue weighted by Crippen LogP contribution is -2.43. The van der Waals surface area contributed by atoms with Crippen LogP contribution in [0, 0.1) is 17.2 Å². The van der Waals surface area contributed by atoms with Crippen LogP contribution in [0.1, 0.15) is 31.2 Å². The van der Waals surface area contributed by atoms with E-state index in [0.29, 0.717) is 5.92 Å². The molecule has 2 fully saturated rings. The Morgan fingerprint density at radius 2 is 2.12 bits per heavy atom. The largest absolute Gasteiger partial charge is 0.281 e. The van der Waals surface area contributed by atoms with Crippen molar-refractivity contribution >= 4 is 0 Å². The van der Waals surface area contributed by atoms with Crippen molar-refractivity contribution in [1.29, 1.82) is 5.26 Å². The Hall–Kier alpha value is -1.33. The summed E-state index contributed by atoms with van der Waals surface area (Å²) < 4.78 is 0. The monoisotopic (exact) mass is 226 g/mol. The molecule has 0 spiro atoms. The fourth-order valence-corrected chi connectivity index (χ4v) is 3.61. The molecule has 0 unspecified atom stereocenters. The maximum atomic E-state index is 9.58. The summed E-state index contributed by atoms with van der Waals surface area (Å²) in [6.07, 6.45) is 4.75. The minimum atomic E-state index is -0.143. The molecule has 1 aliphatic heterocycles. The van der Waals surface area contributed by atoms with Gasteiger partial charge in [-0.3, -0.25) is 4.90 Å². The van der Waals surface area contributed by atoms with Gasteiger partial charge in [0.05, 0.1) is 6.07 Å². The maximum absolute atomic E-state index is 9.58. The second-order valence-electron chi connectivity index (χ2n) is 5.32. The zero-order valence-corrected chi connectivity index (χ0v) is 10.1. The molecule has 1 saturated carbocycles. The molecule has 0 radical (unpaired) electrons. The highest BCUT2D eigenvalue weighted by Crippen LogP contribution is 2.47. The molecule has 3 rings (SSSR count). The van der Waals surface area contributed by atoms with Crippen LogP contribution in [0.2, 0.25) is 0 Å². The lowest BCUT2D eigenvalue weighted by Gasteiger charge is -2.32. The van der Waals surface area contributed by atoms with Gasteiger partial charge in [-0.2, -0.15) is 5.26 Å². The van der Waals surface area contributed by atoms with Crippen molar-refractivity contribution in [2.75, 3.05) is 6.54 Å². The lowest BCUT2D eigenvalue weighted by atomic mass is 9.89. The normalized spacial score (nSPS) is 32.3. The first-order valence-electron chi connectivity index (χ1n) is 6.55. The molecule has 0 amide bonds. The average molecular weight is 226 g/mol. The van der Waals surface area contributed by atoms with Gasteiger partial charge in [0.25, 0.3) is 0 Å². The number of nitrogens with zero attached hydrogens (tertiary/aromatic N) is 2. The van der Waals surface area contributed by atoms with Gasteiger partial charge in [0.2, 0.25) is 0 Å². The summed E-state index contributed by atoms with van der Waals surface area (Å²) in [7, 11) is 0. The van der Waals surface area contributed by atoms with Gasteiger partial charge < -0.3 is 0 Å². The van der Waals surface area contributed by atoms with E-state index in [9.17, 15) is 5.26 Å². The summed E-state index contributed by atoms with van der Waals surface area (Å²) in [4.78, 5) is 2.42. The smallest absolute Gasteiger partial charge is 0.112 e. The van der Waals surface area contributed by atoms with Crippen molar-refractivity contribution in [1.82, 2.24) is 4.90 Å². The highest BCUT2D eigenvalue weighted by Gasteiger charge is 2.51. The summed E-state index contributed by atoms with van der Waals surface area (Å²) in [5.74, 6) is 0.621. The summed E-state index contributed by atoms with van der Waals surface area (Å²) in [5.41, 5.74) is 1.19. The van der Waals surface area contributed by atoms with Gasteiger partial charge in [-0.05, 0) is 30.7 Å². The molecular formula is C15H18N2. The van der Waals surface area contributed by atoms with E-state index in [2.05, 4.69) is 35.2 Å². The quantitative estimate of drug-likeness (QED) is 0.775. The molecule has 0 N–H and O–H groups in total. The van der Waals surface area contributed by atoms with E-state index >= 15 is 0 Å². The molecule has 88 valence electrons. The zero-order valence-electron chi connectivity index (χ0n) is 10.1. The summed E-state index contributed by atoms with van der Waals surface area (Å²) in [6, 6.07) is 13.2. The highest BCUT2D eigenvalue weighted by atomic mass is 15.2. The van der Waals surface area contributed by atoms with E-state index in [1.54, 1.807) is 0 Å². The number of hydrogen-bond acceptors (Lipinski definition) is 2. The Bertz CT molecular complexity index is 434. The van der Waals surface area contributed by atoms with Gasteiger partial charge >= 0.3 is 0 Å². The van der Waals surface area contributed by atoms with Crippen molar-refractivity contribution in [2.24, 2.45) is 5.92 Å². The standard InChI is InChI=1S/C15H18N2/c16-12-15-9-4-7-14(15)8-10-17(15)11-13-5-2-1-3-6-13/h1-3,5-6,14H,4,7-11H2/t14-,15+/m0/s1. The van der Waals surface area contributed by atoms with Crippen LogP contribution in [0.25, 0.3) is 0 Å². The van der Waals surface area contributed by atoms with Crippen LogP contribution >= 0.6 is 0 Å². The minimum absolute atomic E-state index is 0.143. The van der Waals surface area contributed by atoms with Crippen molar-refractivity contribution in [2.45, 2.75) is 37.8 Å².